The SMILES string of the molecule is COc1cc2ccn(C(=O)[C@H](C)N(C)C)c2cc1F. The van der Waals surface area contributed by atoms with Gasteiger partial charge in [0.15, 0.2) is 11.6 Å². The van der Waals surface area contributed by atoms with E-state index in [4.69, 9.17) is 4.74 Å². The lowest BCUT2D eigenvalue weighted by Gasteiger charge is -2.19. The van der Waals surface area contributed by atoms with Gasteiger partial charge in [0.2, 0.25) is 5.91 Å². The third-order valence-corrected chi connectivity index (χ3v) is 3.33. The first-order chi connectivity index (χ1) is 8.95. The Morgan fingerprint density at radius 2 is 2.11 bits per heavy atom. The van der Waals surface area contributed by atoms with Gasteiger partial charge in [0.1, 0.15) is 0 Å². The van der Waals surface area contributed by atoms with Crippen LogP contribution in [0.5, 0.6) is 5.75 Å². The van der Waals surface area contributed by atoms with Crippen molar-refractivity contribution >= 4 is 16.8 Å². The molecule has 1 atom stereocenters. The van der Waals surface area contributed by atoms with Crippen LogP contribution in [0.1, 0.15) is 11.7 Å². The third-order valence-electron chi connectivity index (χ3n) is 3.33. The predicted octanol–water partition coefficient (Wildman–Crippen LogP) is 2.38. The largest absolute Gasteiger partial charge is 0.494 e. The van der Waals surface area contributed by atoms with Crippen molar-refractivity contribution in [2.45, 2.75) is 13.0 Å². The number of hydrogen-bond acceptors (Lipinski definition) is 3. The second-order valence-electron chi connectivity index (χ2n) is 4.71. The molecule has 0 aliphatic carbocycles. The molecule has 19 heavy (non-hydrogen) atoms. The molecule has 1 heterocycles. The number of aromatic nitrogens is 1. The van der Waals surface area contributed by atoms with Crippen LogP contribution in [-0.2, 0) is 0 Å². The molecule has 4 nitrogen and oxygen atoms in total. The molecule has 0 saturated heterocycles. The number of hydrogen-bond donors (Lipinski definition) is 0. The number of carbonyl (C=O) groups excluding carboxylic acids is 1. The summed E-state index contributed by atoms with van der Waals surface area (Å²) in [5, 5.41) is 0.776. The van der Waals surface area contributed by atoms with Crippen LogP contribution in [0.25, 0.3) is 10.9 Å². The molecule has 2 rings (SSSR count). The Labute approximate surface area is 111 Å². The highest BCUT2D eigenvalue weighted by atomic mass is 19.1. The van der Waals surface area contributed by atoms with Gasteiger partial charge in [-0.1, -0.05) is 0 Å². The van der Waals surface area contributed by atoms with E-state index >= 15 is 0 Å². The van der Waals surface area contributed by atoms with Gasteiger partial charge in [0.05, 0.1) is 18.7 Å². The molecule has 2 aromatic rings. The van der Waals surface area contributed by atoms with Crippen molar-refractivity contribution in [1.29, 1.82) is 0 Å². The predicted molar refractivity (Wildman–Crippen MR) is 72.2 cm³/mol. The summed E-state index contributed by atoms with van der Waals surface area (Å²) in [6.45, 7) is 1.81. The molecule has 0 N–H and O–H groups in total. The smallest absolute Gasteiger partial charge is 0.248 e. The molecule has 0 spiro atoms. The van der Waals surface area contributed by atoms with Crippen LogP contribution in [0.3, 0.4) is 0 Å². The molecular formula is C14H17FN2O2. The second kappa shape index (κ2) is 5.01. The Kier molecular flexibility index (Phi) is 3.57. The van der Waals surface area contributed by atoms with Crippen molar-refractivity contribution < 1.29 is 13.9 Å². The van der Waals surface area contributed by atoms with E-state index in [1.54, 1.807) is 18.3 Å². The minimum absolute atomic E-state index is 0.0930. The summed E-state index contributed by atoms with van der Waals surface area (Å²) < 4.78 is 20.1. The number of methoxy groups -OCH3 is 1. The van der Waals surface area contributed by atoms with Gasteiger partial charge in [0.25, 0.3) is 0 Å². The van der Waals surface area contributed by atoms with Gasteiger partial charge in [-0.2, -0.15) is 0 Å². The number of nitrogens with zero attached hydrogens (tertiary/aromatic N) is 2. The monoisotopic (exact) mass is 264 g/mol. The Morgan fingerprint density at radius 1 is 1.42 bits per heavy atom. The molecule has 0 amide bonds. The quantitative estimate of drug-likeness (QED) is 0.853. The first-order valence-electron chi connectivity index (χ1n) is 6.01. The summed E-state index contributed by atoms with van der Waals surface area (Å²) in [5.74, 6) is -0.386. The molecular weight excluding hydrogens is 247 g/mol. The fourth-order valence-corrected chi connectivity index (χ4v) is 1.91. The van der Waals surface area contributed by atoms with E-state index in [0.717, 1.165) is 5.39 Å². The molecule has 0 saturated carbocycles. The summed E-state index contributed by atoms with van der Waals surface area (Å²) in [7, 11) is 5.08. The van der Waals surface area contributed by atoms with Crippen LogP contribution in [-0.4, -0.2) is 42.6 Å². The zero-order valence-corrected chi connectivity index (χ0v) is 11.5. The zero-order valence-electron chi connectivity index (χ0n) is 11.5. The molecule has 5 heteroatoms. The van der Waals surface area contributed by atoms with Crippen molar-refractivity contribution in [3.63, 3.8) is 0 Å². The number of carbonyl (C=O) groups is 1. The van der Waals surface area contributed by atoms with E-state index in [1.807, 2.05) is 25.9 Å². The number of halogens is 1. The number of fused-ring (bicyclic) bond motifs is 1. The second-order valence-corrected chi connectivity index (χ2v) is 4.71. The standard InChI is InChI=1S/C14H17FN2O2/c1-9(16(2)3)14(18)17-6-5-10-7-13(19-4)11(15)8-12(10)17/h5-9H,1-4H3/t9-/m0/s1. The summed E-state index contributed by atoms with van der Waals surface area (Å²) in [5.41, 5.74) is 0.553. The molecule has 0 bridgehead atoms. The van der Waals surface area contributed by atoms with Crippen molar-refractivity contribution in [3.05, 3.63) is 30.2 Å². The zero-order chi connectivity index (χ0) is 14.2. The number of ether oxygens (including phenoxy) is 1. The van der Waals surface area contributed by atoms with Crippen LogP contribution in [0.15, 0.2) is 24.4 Å². The van der Waals surface area contributed by atoms with Crippen molar-refractivity contribution in [2.75, 3.05) is 21.2 Å². The van der Waals surface area contributed by atoms with Crippen LogP contribution in [0.4, 0.5) is 4.39 Å². The normalized spacial score (nSPS) is 12.9. The molecule has 0 aliphatic heterocycles. The van der Waals surface area contributed by atoms with E-state index in [2.05, 4.69) is 0 Å². The molecule has 1 aromatic carbocycles. The van der Waals surface area contributed by atoms with E-state index in [1.165, 1.54) is 17.7 Å². The van der Waals surface area contributed by atoms with Crippen LogP contribution < -0.4 is 4.74 Å². The summed E-state index contributed by atoms with van der Waals surface area (Å²) in [6, 6.07) is 4.42. The maximum atomic E-state index is 13.7. The summed E-state index contributed by atoms with van der Waals surface area (Å²) >= 11 is 0. The molecule has 0 aliphatic rings. The first-order valence-corrected chi connectivity index (χ1v) is 6.01. The molecule has 1 aromatic heterocycles. The highest BCUT2D eigenvalue weighted by Crippen LogP contribution is 2.25. The Hall–Kier alpha value is -1.88. The van der Waals surface area contributed by atoms with Crippen LogP contribution in [0, 0.1) is 5.82 Å². The molecule has 0 unspecified atom stereocenters. The van der Waals surface area contributed by atoms with Crippen LogP contribution in [0.2, 0.25) is 0 Å². The highest BCUT2D eigenvalue weighted by molar-refractivity contribution is 5.95. The maximum absolute atomic E-state index is 13.7. The summed E-state index contributed by atoms with van der Waals surface area (Å²) in [6.07, 6.45) is 1.66. The molecule has 0 radical (unpaired) electrons. The lowest BCUT2D eigenvalue weighted by molar-refractivity contribution is 0.0809. The number of likely N-dealkylation sites (N-methyl/N-ethyl adjacent to an activating group) is 1. The number of benzene rings is 1. The third kappa shape index (κ3) is 2.33. The van der Waals surface area contributed by atoms with Gasteiger partial charge in [-0.05, 0) is 33.2 Å². The minimum Gasteiger partial charge on any atom is -0.494 e. The van der Waals surface area contributed by atoms with E-state index < -0.39 is 5.82 Å². The minimum atomic E-state index is -0.472. The molecule has 0 fully saturated rings. The van der Waals surface area contributed by atoms with Crippen molar-refractivity contribution in [1.82, 2.24) is 9.47 Å². The fraction of sp³-hybridized carbons (Fsp3) is 0.357. The Morgan fingerprint density at radius 3 is 2.68 bits per heavy atom. The Balaban J connectivity index is 2.51. The van der Waals surface area contributed by atoms with Gasteiger partial charge < -0.3 is 4.74 Å². The molecule has 102 valence electrons. The van der Waals surface area contributed by atoms with Gasteiger partial charge in [-0.25, -0.2) is 4.39 Å². The topological polar surface area (TPSA) is 34.5 Å². The van der Waals surface area contributed by atoms with E-state index in [9.17, 15) is 9.18 Å². The maximum Gasteiger partial charge on any atom is 0.248 e. The Bertz CT molecular complexity index is 619. The van der Waals surface area contributed by atoms with Gasteiger partial charge >= 0.3 is 0 Å². The van der Waals surface area contributed by atoms with E-state index in [0.29, 0.717) is 5.52 Å². The summed E-state index contributed by atoms with van der Waals surface area (Å²) in [4.78, 5) is 14.1. The fourth-order valence-electron chi connectivity index (χ4n) is 1.91. The lowest BCUT2D eigenvalue weighted by atomic mass is 10.2. The highest BCUT2D eigenvalue weighted by Gasteiger charge is 2.19. The number of rotatable bonds is 3. The average molecular weight is 264 g/mol. The lowest BCUT2D eigenvalue weighted by Crippen LogP contribution is -2.36. The van der Waals surface area contributed by atoms with Gasteiger partial charge in [0, 0.05) is 17.6 Å². The average Bonchev–Trinajstić information content (AvgIpc) is 2.78. The van der Waals surface area contributed by atoms with Crippen molar-refractivity contribution in [3.8, 4) is 5.75 Å². The van der Waals surface area contributed by atoms with Crippen LogP contribution >= 0.6 is 0 Å². The first kappa shape index (κ1) is 13.5. The van der Waals surface area contributed by atoms with Gasteiger partial charge in [-0.3, -0.25) is 14.3 Å². The van der Waals surface area contributed by atoms with Gasteiger partial charge in [-0.15, -0.1) is 0 Å². The van der Waals surface area contributed by atoms with E-state index in [-0.39, 0.29) is 17.7 Å². The van der Waals surface area contributed by atoms with Crippen molar-refractivity contribution in [2.24, 2.45) is 0 Å².